The molecule has 0 bridgehead atoms. The van der Waals surface area contributed by atoms with Crippen LogP contribution in [-0.2, 0) is 0 Å². The number of hydrogen-bond donors (Lipinski definition) is 1. The third kappa shape index (κ3) is 3.48. The molecule has 0 atom stereocenters. The van der Waals surface area contributed by atoms with E-state index in [1.165, 1.54) is 6.42 Å². The van der Waals surface area contributed by atoms with Gasteiger partial charge in [0, 0.05) is 13.1 Å². The molecular weight excluding hydrogens is 272 g/mol. The van der Waals surface area contributed by atoms with E-state index in [1.807, 2.05) is 41.3 Å². The molecular formula is C19H22N2O. The monoisotopic (exact) mass is 294 g/mol. The van der Waals surface area contributed by atoms with Crippen LogP contribution in [0.5, 0.6) is 0 Å². The van der Waals surface area contributed by atoms with Crippen molar-refractivity contribution in [3.8, 4) is 0 Å². The maximum atomic E-state index is 12.6. The van der Waals surface area contributed by atoms with Gasteiger partial charge in [-0.05, 0) is 30.4 Å². The molecule has 22 heavy (non-hydrogen) atoms. The Morgan fingerprint density at radius 2 is 1.32 bits per heavy atom. The van der Waals surface area contributed by atoms with Gasteiger partial charge in [0.05, 0.1) is 6.04 Å². The van der Waals surface area contributed by atoms with Crippen molar-refractivity contribution >= 4 is 6.03 Å². The molecule has 1 saturated heterocycles. The van der Waals surface area contributed by atoms with Crippen LogP contribution in [0.3, 0.4) is 0 Å². The van der Waals surface area contributed by atoms with Gasteiger partial charge in [-0.1, -0.05) is 60.7 Å². The zero-order valence-electron chi connectivity index (χ0n) is 12.7. The van der Waals surface area contributed by atoms with Crippen LogP contribution in [0.2, 0.25) is 0 Å². The maximum Gasteiger partial charge on any atom is 0.318 e. The third-order valence-electron chi connectivity index (χ3n) is 4.18. The number of rotatable bonds is 3. The fourth-order valence-corrected chi connectivity index (χ4v) is 2.96. The van der Waals surface area contributed by atoms with Gasteiger partial charge < -0.3 is 10.2 Å². The Hall–Kier alpha value is -2.29. The van der Waals surface area contributed by atoms with Gasteiger partial charge in [0.15, 0.2) is 0 Å². The minimum Gasteiger partial charge on any atom is -0.327 e. The van der Waals surface area contributed by atoms with Gasteiger partial charge in [0.2, 0.25) is 0 Å². The Balaban J connectivity index is 1.81. The Kier molecular flexibility index (Phi) is 4.74. The lowest BCUT2D eigenvalue weighted by molar-refractivity contribution is 0.184. The lowest BCUT2D eigenvalue weighted by atomic mass is 9.99. The standard InChI is InChI=1S/C19H22N2O/c22-19(21-14-8-3-9-15-21)20-18(16-10-4-1-5-11-16)17-12-6-2-7-13-17/h1-2,4-7,10-13,18H,3,8-9,14-15H2,(H,20,22). The molecule has 1 aliphatic rings. The Morgan fingerprint density at radius 3 is 1.82 bits per heavy atom. The van der Waals surface area contributed by atoms with Crippen molar-refractivity contribution in [2.45, 2.75) is 25.3 Å². The van der Waals surface area contributed by atoms with Gasteiger partial charge in [-0.3, -0.25) is 0 Å². The summed E-state index contributed by atoms with van der Waals surface area (Å²) in [6.45, 7) is 1.73. The van der Waals surface area contributed by atoms with Crippen molar-refractivity contribution in [1.82, 2.24) is 10.2 Å². The predicted octanol–water partition coefficient (Wildman–Crippen LogP) is 3.97. The average molecular weight is 294 g/mol. The fraction of sp³-hybridized carbons (Fsp3) is 0.316. The van der Waals surface area contributed by atoms with Crippen LogP contribution >= 0.6 is 0 Å². The van der Waals surface area contributed by atoms with Gasteiger partial charge in [0.1, 0.15) is 0 Å². The summed E-state index contributed by atoms with van der Waals surface area (Å²) in [4.78, 5) is 14.5. The first kappa shape index (κ1) is 14.6. The minimum atomic E-state index is -0.100. The fourth-order valence-electron chi connectivity index (χ4n) is 2.96. The molecule has 2 amide bonds. The number of nitrogens with one attached hydrogen (secondary N) is 1. The van der Waals surface area contributed by atoms with Crippen LogP contribution in [0.15, 0.2) is 60.7 Å². The number of benzene rings is 2. The summed E-state index contributed by atoms with van der Waals surface area (Å²) in [6.07, 6.45) is 3.44. The Morgan fingerprint density at radius 1 is 0.818 bits per heavy atom. The second kappa shape index (κ2) is 7.12. The first-order valence-corrected chi connectivity index (χ1v) is 8.00. The topological polar surface area (TPSA) is 32.3 Å². The molecule has 0 spiro atoms. The summed E-state index contributed by atoms with van der Waals surface area (Å²) in [7, 11) is 0. The molecule has 0 unspecified atom stereocenters. The molecule has 3 nitrogen and oxygen atoms in total. The SMILES string of the molecule is O=C(NC(c1ccccc1)c1ccccc1)N1CCCCC1. The highest BCUT2D eigenvalue weighted by atomic mass is 16.2. The number of carbonyl (C=O) groups is 1. The quantitative estimate of drug-likeness (QED) is 0.912. The first-order valence-electron chi connectivity index (χ1n) is 8.00. The van der Waals surface area contributed by atoms with Crippen molar-refractivity contribution in [3.05, 3.63) is 71.8 Å². The Labute approximate surface area is 132 Å². The third-order valence-corrected chi connectivity index (χ3v) is 4.18. The molecule has 2 aromatic carbocycles. The molecule has 0 aliphatic carbocycles. The predicted molar refractivity (Wildman–Crippen MR) is 88.7 cm³/mol. The largest absolute Gasteiger partial charge is 0.327 e. The molecule has 3 heteroatoms. The van der Waals surface area contributed by atoms with Crippen molar-refractivity contribution in [3.63, 3.8) is 0 Å². The summed E-state index contributed by atoms with van der Waals surface area (Å²) >= 11 is 0. The summed E-state index contributed by atoms with van der Waals surface area (Å²) in [6, 6.07) is 20.2. The second-order valence-corrected chi connectivity index (χ2v) is 5.75. The van der Waals surface area contributed by atoms with Gasteiger partial charge in [-0.2, -0.15) is 0 Å². The highest BCUT2D eigenvalue weighted by Gasteiger charge is 2.21. The van der Waals surface area contributed by atoms with E-state index in [0.717, 1.165) is 37.1 Å². The number of urea groups is 1. The van der Waals surface area contributed by atoms with E-state index >= 15 is 0 Å². The first-order chi connectivity index (χ1) is 10.8. The van der Waals surface area contributed by atoms with Crippen molar-refractivity contribution in [1.29, 1.82) is 0 Å². The molecule has 1 aliphatic heterocycles. The summed E-state index contributed by atoms with van der Waals surface area (Å²) < 4.78 is 0. The van der Waals surface area contributed by atoms with Gasteiger partial charge in [-0.25, -0.2) is 4.79 Å². The average Bonchev–Trinajstić information content (AvgIpc) is 2.62. The molecule has 0 saturated carbocycles. The van der Waals surface area contributed by atoms with Crippen LogP contribution in [0, 0.1) is 0 Å². The van der Waals surface area contributed by atoms with Crippen LogP contribution in [0.1, 0.15) is 36.4 Å². The summed E-state index contributed by atoms with van der Waals surface area (Å²) in [5, 5.41) is 3.21. The number of carbonyl (C=O) groups excluding carboxylic acids is 1. The molecule has 114 valence electrons. The van der Waals surface area contributed by atoms with E-state index in [2.05, 4.69) is 29.6 Å². The summed E-state index contributed by atoms with van der Waals surface area (Å²) in [5.41, 5.74) is 2.22. The minimum absolute atomic E-state index is 0.0393. The lowest BCUT2D eigenvalue weighted by Crippen LogP contribution is -2.44. The molecule has 2 aromatic rings. The Bertz CT molecular complexity index is 552. The van der Waals surface area contributed by atoms with E-state index in [9.17, 15) is 4.79 Å². The van der Waals surface area contributed by atoms with E-state index in [0.29, 0.717) is 0 Å². The van der Waals surface area contributed by atoms with Crippen LogP contribution in [0.25, 0.3) is 0 Å². The van der Waals surface area contributed by atoms with Gasteiger partial charge >= 0.3 is 6.03 Å². The number of piperidine rings is 1. The van der Waals surface area contributed by atoms with Crippen LogP contribution < -0.4 is 5.32 Å². The highest BCUT2D eigenvalue weighted by Crippen LogP contribution is 2.22. The smallest absolute Gasteiger partial charge is 0.318 e. The molecule has 3 rings (SSSR count). The number of nitrogens with zero attached hydrogens (tertiary/aromatic N) is 1. The normalized spacial score (nSPS) is 14.9. The maximum absolute atomic E-state index is 12.6. The lowest BCUT2D eigenvalue weighted by Gasteiger charge is -2.29. The van der Waals surface area contributed by atoms with Crippen LogP contribution in [0.4, 0.5) is 4.79 Å². The molecule has 1 fully saturated rings. The van der Waals surface area contributed by atoms with Crippen LogP contribution in [-0.4, -0.2) is 24.0 Å². The van der Waals surface area contributed by atoms with E-state index in [-0.39, 0.29) is 12.1 Å². The molecule has 1 heterocycles. The summed E-state index contributed by atoms with van der Waals surface area (Å²) in [5.74, 6) is 0. The van der Waals surface area contributed by atoms with Gasteiger partial charge in [-0.15, -0.1) is 0 Å². The van der Waals surface area contributed by atoms with Crippen molar-refractivity contribution in [2.24, 2.45) is 0 Å². The highest BCUT2D eigenvalue weighted by molar-refractivity contribution is 5.75. The second-order valence-electron chi connectivity index (χ2n) is 5.75. The number of likely N-dealkylation sites (tertiary alicyclic amines) is 1. The molecule has 0 aromatic heterocycles. The van der Waals surface area contributed by atoms with E-state index in [1.54, 1.807) is 0 Å². The van der Waals surface area contributed by atoms with E-state index < -0.39 is 0 Å². The van der Waals surface area contributed by atoms with Gasteiger partial charge in [0.25, 0.3) is 0 Å². The molecule has 0 radical (unpaired) electrons. The number of hydrogen-bond acceptors (Lipinski definition) is 1. The van der Waals surface area contributed by atoms with Crippen molar-refractivity contribution in [2.75, 3.05) is 13.1 Å². The number of amides is 2. The molecule has 1 N–H and O–H groups in total. The van der Waals surface area contributed by atoms with E-state index in [4.69, 9.17) is 0 Å². The van der Waals surface area contributed by atoms with Crippen molar-refractivity contribution < 1.29 is 4.79 Å². The zero-order chi connectivity index (χ0) is 15.2. The zero-order valence-corrected chi connectivity index (χ0v) is 12.7.